The fourth-order valence-electron chi connectivity index (χ4n) is 1.84. The number of nitrogens with one attached hydrogen (secondary N) is 1. The Hall–Kier alpha value is -0.160. The average Bonchev–Trinajstić information content (AvgIpc) is 2.31. The summed E-state index contributed by atoms with van der Waals surface area (Å²) in [6.07, 6.45) is 3.58. The predicted octanol–water partition coefficient (Wildman–Crippen LogP) is 0.589. The summed E-state index contributed by atoms with van der Waals surface area (Å²) in [5.74, 6) is 0. The predicted molar refractivity (Wildman–Crippen MR) is 76.4 cm³/mol. The molecule has 0 atom stereocenters. The Morgan fingerprint density at radius 2 is 1.53 bits per heavy atom. The summed E-state index contributed by atoms with van der Waals surface area (Å²) in [4.78, 5) is 4.73. The van der Waals surface area contributed by atoms with Crippen molar-refractivity contribution in [3.8, 4) is 0 Å². The quantitative estimate of drug-likeness (QED) is 0.493. The third-order valence-corrected chi connectivity index (χ3v) is 2.91. The van der Waals surface area contributed by atoms with Gasteiger partial charge in [0.2, 0.25) is 0 Å². The van der Waals surface area contributed by atoms with Gasteiger partial charge in [-0.25, -0.2) is 0 Å². The highest BCUT2D eigenvalue weighted by Gasteiger charge is 1.98. The van der Waals surface area contributed by atoms with E-state index in [1.165, 1.54) is 25.9 Å². The number of hydrogen-bond donors (Lipinski definition) is 2. The van der Waals surface area contributed by atoms with Crippen LogP contribution in [0.25, 0.3) is 0 Å². The maximum Gasteiger partial charge on any atom is 0.0104 e. The van der Waals surface area contributed by atoms with Gasteiger partial charge in [0.15, 0.2) is 0 Å². The molecule has 0 aromatic carbocycles. The molecular formula is C13H32N4. The lowest BCUT2D eigenvalue weighted by molar-refractivity contribution is 0.314. The SMILES string of the molecule is CCCN(C)CCCNCCN(C)CCCN. The van der Waals surface area contributed by atoms with Gasteiger partial charge in [0.25, 0.3) is 0 Å². The van der Waals surface area contributed by atoms with Crippen LogP contribution in [0.5, 0.6) is 0 Å². The van der Waals surface area contributed by atoms with Crippen molar-refractivity contribution in [2.75, 3.05) is 59.9 Å². The molecule has 0 spiro atoms. The van der Waals surface area contributed by atoms with E-state index in [-0.39, 0.29) is 0 Å². The van der Waals surface area contributed by atoms with Crippen molar-refractivity contribution in [3.63, 3.8) is 0 Å². The third-order valence-electron chi connectivity index (χ3n) is 2.91. The second-order valence-electron chi connectivity index (χ2n) is 4.85. The zero-order valence-corrected chi connectivity index (χ0v) is 12.0. The fraction of sp³-hybridized carbons (Fsp3) is 1.00. The second-order valence-corrected chi connectivity index (χ2v) is 4.85. The standard InChI is InChI=1S/C13H32N4/c1-4-10-16(2)12-6-8-15-9-13-17(3)11-5-7-14/h15H,4-14H2,1-3H3. The molecule has 0 radical (unpaired) electrons. The van der Waals surface area contributed by atoms with Gasteiger partial charge in [0.1, 0.15) is 0 Å². The van der Waals surface area contributed by atoms with Crippen LogP contribution in [-0.4, -0.2) is 69.7 Å². The van der Waals surface area contributed by atoms with E-state index < -0.39 is 0 Å². The van der Waals surface area contributed by atoms with E-state index in [2.05, 4.69) is 36.1 Å². The summed E-state index contributed by atoms with van der Waals surface area (Å²) >= 11 is 0. The van der Waals surface area contributed by atoms with Crippen molar-refractivity contribution in [2.24, 2.45) is 5.73 Å². The Morgan fingerprint density at radius 1 is 0.882 bits per heavy atom. The van der Waals surface area contributed by atoms with Crippen LogP contribution in [0, 0.1) is 0 Å². The maximum atomic E-state index is 5.48. The summed E-state index contributed by atoms with van der Waals surface area (Å²) in [6, 6.07) is 0. The minimum Gasteiger partial charge on any atom is -0.330 e. The first-order valence-electron chi connectivity index (χ1n) is 6.98. The number of nitrogens with zero attached hydrogens (tertiary/aromatic N) is 2. The molecule has 0 amide bonds. The third kappa shape index (κ3) is 12.1. The van der Waals surface area contributed by atoms with Crippen LogP contribution in [0.15, 0.2) is 0 Å². The van der Waals surface area contributed by atoms with Crippen molar-refractivity contribution in [1.82, 2.24) is 15.1 Å². The zero-order valence-electron chi connectivity index (χ0n) is 12.0. The molecule has 0 bridgehead atoms. The highest BCUT2D eigenvalue weighted by atomic mass is 15.1. The molecule has 0 aliphatic carbocycles. The molecule has 3 N–H and O–H groups in total. The summed E-state index contributed by atoms with van der Waals surface area (Å²) in [5.41, 5.74) is 5.48. The molecule has 0 heterocycles. The Labute approximate surface area is 108 Å². The van der Waals surface area contributed by atoms with E-state index in [1.807, 2.05) is 0 Å². The molecule has 0 aromatic rings. The normalized spacial score (nSPS) is 11.6. The lowest BCUT2D eigenvalue weighted by Gasteiger charge is -2.17. The van der Waals surface area contributed by atoms with Crippen LogP contribution >= 0.6 is 0 Å². The Bertz CT molecular complexity index is 152. The van der Waals surface area contributed by atoms with Gasteiger partial charge in [-0.05, 0) is 66.1 Å². The summed E-state index contributed by atoms with van der Waals surface area (Å²) in [5, 5.41) is 3.49. The number of hydrogen-bond acceptors (Lipinski definition) is 4. The first-order valence-corrected chi connectivity index (χ1v) is 6.98. The summed E-state index contributed by atoms with van der Waals surface area (Å²) in [7, 11) is 4.36. The fourth-order valence-corrected chi connectivity index (χ4v) is 1.84. The van der Waals surface area contributed by atoms with Crippen LogP contribution in [-0.2, 0) is 0 Å². The Balaban J connectivity index is 3.17. The molecule has 0 fully saturated rings. The van der Waals surface area contributed by atoms with Crippen LogP contribution in [0.2, 0.25) is 0 Å². The van der Waals surface area contributed by atoms with Gasteiger partial charge in [-0.3, -0.25) is 0 Å². The maximum absolute atomic E-state index is 5.48. The van der Waals surface area contributed by atoms with Gasteiger partial charge < -0.3 is 20.9 Å². The highest BCUT2D eigenvalue weighted by molar-refractivity contribution is 4.57. The highest BCUT2D eigenvalue weighted by Crippen LogP contribution is 1.89. The van der Waals surface area contributed by atoms with E-state index in [9.17, 15) is 0 Å². The van der Waals surface area contributed by atoms with Crippen LogP contribution in [0.4, 0.5) is 0 Å². The molecular weight excluding hydrogens is 212 g/mol. The molecule has 4 nitrogen and oxygen atoms in total. The first kappa shape index (κ1) is 16.8. The van der Waals surface area contributed by atoms with E-state index in [4.69, 9.17) is 5.73 Å². The van der Waals surface area contributed by atoms with Crippen LogP contribution in [0.3, 0.4) is 0 Å². The lowest BCUT2D eigenvalue weighted by Crippen LogP contribution is -2.32. The van der Waals surface area contributed by atoms with E-state index in [1.54, 1.807) is 0 Å². The van der Waals surface area contributed by atoms with Gasteiger partial charge >= 0.3 is 0 Å². The molecule has 0 rings (SSSR count). The first-order chi connectivity index (χ1) is 8.20. The van der Waals surface area contributed by atoms with Gasteiger partial charge in [0.05, 0.1) is 0 Å². The van der Waals surface area contributed by atoms with Crippen LogP contribution in [0.1, 0.15) is 26.2 Å². The van der Waals surface area contributed by atoms with Crippen molar-refractivity contribution in [3.05, 3.63) is 0 Å². The van der Waals surface area contributed by atoms with Gasteiger partial charge in [-0.2, -0.15) is 0 Å². The Morgan fingerprint density at radius 3 is 2.18 bits per heavy atom. The molecule has 104 valence electrons. The van der Waals surface area contributed by atoms with Crippen molar-refractivity contribution in [1.29, 1.82) is 0 Å². The molecule has 0 saturated heterocycles. The monoisotopic (exact) mass is 244 g/mol. The smallest absolute Gasteiger partial charge is 0.0104 e. The Kier molecular flexibility index (Phi) is 12.2. The molecule has 0 aliphatic heterocycles. The second kappa shape index (κ2) is 12.3. The number of nitrogens with two attached hydrogens (primary N) is 1. The molecule has 0 aromatic heterocycles. The van der Waals surface area contributed by atoms with Crippen molar-refractivity contribution >= 4 is 0 Å². The minimum atomic E-state index is 0.793. The minimum absolute atomic E-state index is 0.793. The largest absolute Gasteiger partial charge is 0.330 e. The topological polar surface area (TPSA) is 44.5 Å². The van der Waals surface area contributed by atoms with Gasteiger partial charge in [-0.1, -0.05) is 6.92 Å². The van der Waals surface area contributed by atoms with E-state index >= 15 is 0 Å². The van der Waals surface area contributed by atoms with Crippen LogP contribution < -0.4 is 11.1 Å². The summed E-state index contributed by atoms with van der Waals surface area (Å²) < 4.78 is 0. The lowest BCUT2D eigenvalue weighted by atomic mass is 10.3. The van der Waals surface area contributed by atoms with E-state index in [0.717, 1.165) is 39.1 Å². The molecule has 0 aliphatic rings. The van der Waals surface area contributed by atoms with Gasteiger partial charge in [-0.15, -0.1) is 0 Å². The summed E-state index contributed by atoms with van der Waals surface area (Å²) in [6.45, 7) is 9.86. The zero-order chi connectivity index (χ0) is 12.9. The molecule has 0 unspecified atom stereocenters. The molecule has 0 saturated carbocycles. The average molecular weight is 244 g/mol. The molecule has 4 heteroatoms. The van der Waals surface area contributed by atoms with Gasteiger partial charge in [0, 0.05) is 13.1 Å². The van der Waals surface area contributed by atoms with Crippen molar-refractivity contribution in [2.45, 2.75) is 26.2 Å². The number of likely N-dealkylation sites (N-methyl/N-ethyl adjacent to an activating group) is 1. The van der Waals surface area contributed by atoms with Crippen molar-refractivity contribution < 1.29 is 0 Å². The molecule has 17 heavy (non-hydrogen) atoms. The number of rotatable bonds is 12. The van der Waals surface area contributed by atoms with E-state index in [0.29, 0.717) is 0 Å².